The monoisotopic (exact) mass is 547 g/mol. The van der Waals surface area contributed by atoms with Crippen molar-refractivity contribution in [3.8, 4) is 17.0 Å². The van der Waals surface area contributed by atoms with Crippen LogP contribution in [0.3, 0.4) is 0 Å². The Hall–Kier alpha value is -3.57. The minimum absolute atomic E-state index is 0.463. The topological polar surface area (TPSA) is 101 Å². The number of nitrogens with one attached hydrogen (secondary N) is 2. The van der Waals surface area contributed by atoms with Crippen LogP contribution in [0.5, 0.6) is 5.75 Å². The molecule has 9 nitrogen and oxygen atoms in total. The van der Waals surface area contributed by atoms with Gasteiger partial charge in [0.05, 0.1) is 30.5 Å². The van der Waals surface area contributed by atoms with Crippen LogP contribution in [-0.2, 0) is 17.7 Å². The fourth-order valence-electron chi connectivity index (χ4n) is 4.36. The number of ether oxygens (including phenoxy) is 2. The zero-order valence-corrected chi connectivity index (χ0v) is 22.1. The molecule has 1 saturated heterocycles. The third kappa shape index (κ3) is 5.63. The standard InChI is InChI=1S/C27H26ClN7O2S/c28-22-5-3-8-30-24(22)18-14-21-25(23(15-18)37-11-6-19-4-1-2-7-29-19)33-34-26(21)32-27-31-16-20(38-27)17-35-9-12-36-13-10-35/h1-5,7-8,14-16H,6,9-13,17H2,(H2,31,32,33,34). The van der Waals surface area contributed by atoms with E-state index in [9.17, 15) is 0 Å². The lowest BCUT2D eigenvalue weighted by molar-refractivity contribution is 0.0346. The van der Waals surface area contributed by atoms with Crippen LogP contribution in [0.2, 0.25) is 5.02 Å². The number of aromatic nitrogens is 5. The Morgan fingerprint density at radius 3 is 2.82 bits per heavy atom. The van der Waals surface area contributed by atoms with Gasteiger partial charge in [-0.05, 0) is 36.4 Å². The molecule has 1 aromatic carbocycles. The average molecular weight is 548 g/mol. The van der Waals surface area contributed by atoms with Gasteiger partial charge in [-0.3, -0.25) is 20.0 Å². The number of halogens is 1. The van der Waals surface area contributed by atoms with Crippen LogP contribution in [0.4, 0.5) is 10.9 Å². The van der Waals surface area contributed by atoms with Gasteiger partial charge in [-0.2, -0.15) is 5.10 Å². The van der Waals surface area contributed by atoms with Gasteiger partial charge >= 0.3 is 0 Å². The van der Waals surface area contributed by atoms with Gasteiger partial charge in [-0.25, -0.2) is 4.98 Å². The highest BCUT2D eigenvalue weighted by Gasteiger charge is 2.18. The zero-order chi connectivity index (χ0) is 25.7. The molecular weight excluding hydrogens is 522 g/mol. The van der Waals surface area contributed by atoms with E-state index in [0.29, 0.717) is 35.3 Å². The van der Waals surface area contributed by atoms with Gasteiger partial charge in [-0.1, -0.05) is 17.7 Å². The summed E-state index contributed by atoms with van der Waals surface area (Å²) in [5, 5.41) is 13.3. The molecule has 0 aliphatic carbocycles. The molecule has 0 unspecified atom stereocenters. The van der Waals surface area contributed by atoms with Crippen LogP contribution >= 0.6 is 22.9 Å². The van der Waals surface area contributed by atoms with Gasteiger partial charge in [0.25, 0.3) is 0 Å². The van der Waals surface area contributed by atoms with E-state index in [-0.39, 0.29) is 0 Å². The highest BCUT2D eigenvalue weighted by atomic mass is 35.5. The molecule has 0 bridgehead atoms. The molecule has 1 aliphatic heterocycles. The Morgan fingerprint density at radius 1 is 1.08 bits per heavy atom. The molecule has 0 amide bonds. The summed E-state index contributed by atoms with van der Waals surface area (Å²) in [6.07, 6.45) is 6.12. The number of anilines is 2. The van der Waals surface area contributed by atoms with Crippen molar-refractivity contribution >= 4 is 44.8 Å². The molecule has 1 fully saturated rings. The van der Waals surface area contributed by atoms with E-state index in [0.717, 1.165) is 60.1 Å². The van der Waals surface area contributed by atoms with E-state index < -0.39 is 0 Å². The van der Waals surface area contributed by atoms with Crippen molar-refractivity contribution in [2.75, 3.05) is 38.2 Å². The molecule has 0 atom stereocenters. The number of hydrogen-bond acceptors (Lipinski definition) is 9. The predicted octanol–water partition coefficient (Wildman–Crippen LogP) is 5.33. The average Bonchev–Trinajstić information content (AvgIpc) is 3.57. The molecule has 38 heavy (non-hydrogen) atoms. The molecule has 4 aromatic heterocycles. The quantitative estimate of drug-likeness (QED) is 0.255. The molecule has 1 aliphatic rings. The number of pyridine rings is 2. The normalized spacial score (nSPS) is 14.1. The van der Waals surface area contributed by atoms with E-state index in [2.05, 4.69) is 35.4 Å². The SMILES string of the molecule is Clc1cccnc1-c1cc(OCCc2ccccn2)c2[nH]nc(Nc3ncc(CN4CCOCC4)s3)c2c1. The number of hydrogen-bond donors (Lipinski definition) is 2. The Bertz CT molecular complexity index is 1520. The molecule has 0 radical (unpaired) electrons. The summed E-state index contributed by atoms with van der Waals surface area (Å²) in [4.78, 5) is 17.0. The maximum Gasteiger partial charge on any atom is 0.188 e. The van der Waals surface area contributed by atoms with E-state index >= 15 is 0 Å². The Balaban J connectivity index is 1.28. The van der Waals surface area contributed by atoms with E-state index in [1.54, 1.807) is 23.7 Å². The second-order valence-electron chi connectivity index (χ2n) is 8.87. The first kappa shape index (κ1) is 24.7. The van der Waals surface area contributed by atoms with Gasteiger partial charge < -0.3 is 14.8 Å². The molecule has 194 valence electrons. The van der Waals surface area contributed by atoms with Crippen LogP contribution in [-0.4, -0.2) is 63.0 Å². The number of H-pyrrole nitrogens is 1. The van der Waals surface area contributed by atoms with E-state index in [4.69, 9.17) is 21.1 Å². The van der Waals surface area contributed by atoms with Gasteiger partial charge in [0.15, 0.2) is 10.9 Å². The first-order valence-corrected chi connectivity index (χ1v) is 13.6. The minimum Gasteiger partial charge on any atom is -0.491 e. The lowest BCUT2D eigenvalue weighted by Gasteiger charge is -2.25. The van der Waals surface area contributed by atoms with Crippen molar-refractivity contribution in [1.29, 1.82) is 0 Å². The number of thiazole rings is 1. The van der Waals surface area contributed by atoms with Gasteiger partial charge in [0.1, 0.15) is 11.3 Å². The zero-order valence-electron chi connectivity index (χ0n) is 20.6. The maximum absolute atomic E-state index is 6.50. The van der Waals surface area contributed by atoms with Crippen molar-refractivity contribution in [1.82, 2.24) is 30.0 Å². The van der Waals surface area contributed by atoms with Gasteiger partial charge in [0.2, 0.25) is 0 Å². The number of fused-ring (bicyclic) bond motifs is 1. The fraction of sp³-hybridized carbons (Fsp3) is 0.259. The Morgan fingerprint density at radius 2 is 1.97 bits per heavy atom. The molecule has 2 N–H and O–H groups in total. The largest absolute Gasteiger partial charge is 0.491 e. The summed E-state index contributed by atoms with van der Waals surface area (Å²) in [5.74, 6) is 1.33. The number of rotatable bonds is 9. The van der Waals surface area contributed by atoms with E-state index in [1.807, 2.05) is 48.7 Å². The summed E-state index contributed by atoms with van der Waals surface area (Å²) in [6, 6.07) is 13.5. The van der Waals surface area contributed by atoms with Crippen LogP contribution in [0.25, 0.3) is 22.2 Å². The fourth-order valence-corrected chi connectivity index (χ4v) is 5.45. The molecule has 11 heteroatoms. The number of benzene rings is 1. The van der Waals surface area contributed by atoms with Crippen molar-refractivity contribution in [2.45, 2.75) is 13.0 Å². The lowest BCUT2D eigenvalue weighted by Crippen LogP contribution is -2.35. The van der Waals surface area contributed by atoms with Crippen LogP contribution in [0.15, 0.2) is 61.1 Å². The Kier molecular flexibility index (Phi) is 7.45. The van der Waals surface area contributed by atoms with Gasteiger partial charge in [0, 0.05) is 66.2 Å². The summed E-state index contributed by atoms with van der Waals surface area (Å²) in [7, 11) is 0. The summed E-state index contributed by atoms with van der Waals surface area (Å²) in [5.41, 5.74) is 3.28. The highest BCUT2D eigenvalue weighted by molar-refractivity contribution is 7.15. The molecule has 0 saturated carbocycles. The molecule has 6 rings (SSSR count). The minimum atomic E-state index is 0.463. The lowest BCUT2D eigenvalue weighted by atomic mass is 10.1. The van der Waals surface area contributed by atoms with Crippen LogP contribution in [0.1, 0.15) is 10.6 Å². The van der Waals surface area contributed by atoms with E-state index in [1.165, 1.54) is 4.88 Å². The second-order valence-corrected chi connectivity index (χ2v) is 10.4. The van der Waals surface area contributed by atoms with Crippen LogP contribution < -0.4 is 10.1 Å². The summed E-state index contributed by atoms with van der Waals surface area (Å²) in [6.45, 7) is 4.75. The summed E-state index contributed by atoms with van der Waals surface area (Å²) < 4.78 is 11.7. The van der Waals surface area contributed by atoms with Crippen molar-refractivity contribution in [3.05, 3.63) is 76.6 Å². The first-order chi connectivity index (χ1) is 18.7. The van der Waals surface area contributed by atoms with Crippen LogP contribution in [0, 0.1) is 0 Å². The smallest absolute Gasteiger partial charge is 0.188 e. The molecule has 0 spiro atoms. The highest BCUT2D eigenvalue weighted by Crippen LogP contribution is 2.37. The molecular formula is C27H26ClN7O2S. The number of aromatic amines is 1. The first-order valence-electron chi connectivity index (χ1n) is 12.4. The second kappa shape index (κ2) is 11.4. The third-order valence-corrected chi connectivity index (χ3v) is 7.48. The Labute approximate surface area is 228 Å². The maximum atomic E-state index is 6.50. The van der Waals surface area contributed by atoms with Gasteiger partial charge in [-0.15, -0.1) is 11.3 Å². The summed E-state index contributed by atoms with van der Waals surface area (Å²) >= 11 is 8.12. The molecule has 5 heterocycles. The van der Waals surface area contributed by atoms with Crippen molar-refractivity contribution in [3.63, 3.8) is 0 Å². The third-order valence-electron chi connectivity index (χ3n) is 6.27. The number of morpholine rings is 1. The molecule has 5 aromatic rings. The van der Waals surface area contributed by atoms with Crippen molar-refractivity contribution in [2.24, 2.45) is 0 Å². The number of nitrogens with zero attached hydrogens (tertiary/aromatic N) is 5. The predicted molar refractivity (Wildman–Crippen MR) is 149 cm³/mol. The van der Waals surface area contributed by atoms with Crippen molar-refractivity contribution < 1.29 is 9.47 Å².